The predicted octanol–water partition coefficient (Wildman–Crippen LogP) is -1.04. The molecule has 0 aliphatic heterocycles. The van der Waals surface area contributed by atoms with Crippen LogP contribution < -0.4 is 11.1 Å². The molecule has 0 aromatic carbocycles. The third-order valence-electron chi connectivity index (χ3n) is 2.52. The molecule has 0 amide bonds. The van der Waals surface area contributed by atoms with Crippen molar-refractivity contribution in [3.05, 3.63) is 0 Å². The van der Waals surface area contributed by atoms with E-state index >= 15 is 0 Å². The molecule has 84 valence electrons. The molecule has 1 rings (SSSR count). The zero-order valence-corrected chi connectivity index (χ0v) is 9.55. The van der Waals surface area contributed by atoms with Crippen LogP contribution in [0.15, 0.2) is 0 Å². The molecule has 6 heteroatoms. The molecule has 1 aliphatic rings. The van der Waals surface area contributed by atoms with Gasteiger partial charge in [-0.1, -0.05) is 0 Å². The lowest BCUT2D eigenvalue weighted by Gasteiger charge is -2.33. The minimum atomic E-state index is -3.05. The molecule has 0 bridgehead atoms. The van der Waals surface area contributed by atoms with E-state index in [1.807, 2.05) is 0 Å². The van der Waals surface area contributed by atoms with Crippen molar-refractivity contribution in [2.24, 2.45) is 5.73 Å². The first-order chi connectivity index (χ1) is 6.42. The molecule has 0 atom stereocenters. The number of nitrogens with zero attached hydrogens (tertiary/aromatic N) is 1. The zero-order valence-electron chi connectivity index (χ0n) is 8.73. The van der Waals surface area contributed by atoms with Crippen LogP contribution in [0.4, 0.5) is 0 Å². The molecule has 0 radical (unpaired) electrons. The van der Waals surface area contributed by atoms with Crippen LogP contribution in [0.2, 0.25) is 0 Å². The second kappa shape index (κ2) is 4.57. The van der Waals surface area contributed by atoms with Crippen LogP contribution in [0.1, 0.15) is 12.8 Å². The molecule has 0 spiro atoms. The topological polar surface area (TPSA) is 75.4 Å². The van der Waals surface area contributed by atoms with Crippen molar-refractivity contribution in [1.29, 1.82) is 0 Å². The average molecular weight is 221 g/mol. The summed E-state index contributed by atoms with van der Waals surface area (Å²) in [6, 6.07) is 0.723. The van der Waals surface area contributed by atoms with E-state index in [0.717, 1.165) is 12.8 Å². The molecule has 0 unspecified atom stereocenters. The Morgan fingerprint density at radius 3 is 2.43 bits per heavy atom. The number of hydrogen-bond acceptors (Lipinski definition) is 4. The first kappa shape index (κ1) is 11.9. The van der Waals surface area contributed by atoms with Crippen LogP contribution in [0, 0.1) is 0 Å². The number of sulfonamides is 1. The van der Waals surface area contributed by atoms with E-state index in [0.29, 0.717) is 18.6 Å². The van der Waals surface area contributed by atoms with Gasteiger partial charge >= 0.3 is 0 Å². The number of rotatable bonds is 5. The van der Waals surface area contributed by atoms with Gasteiger partial charge in [0.2, 0.25) is 10.0 Å². The van der Waals surface area contributed by atoms with Crippen molar-refractivity contribution in [1.82, 2.24) is 9.62 Å². The maximum atomic E-state index is 11.3. The van der Waals surface area contributed by atoms with E-state index in [4.69, 9.17) is 5.73 Å². The summed E-state index contributed by atoms with van der Waals surface area (Å²) >= 11 is 0. The first-order valence-electron chi connectivity index (χ1n) is 4.81. The van der Waals surface area contributed by atoms with Crippen molar-refractivity contribution in [2.75, 3.05) is 26.4 Å². The van der Waals surface area contributed by atoms with Crippen molar-refractivity contribution >= 4 is 10.0 Å². The molecule has 3 N–H and O–H groups in total. The molecular weight excluding hydrogens is 202 g/mol. The normalized spacial score (nSPS) is 27.7. The summed E-state index contributed by atoms with van der Waals surface area (Å²) in [5, 5.41) is 3.17. The fraction of sp³-hybridized carbons (Fsp3) is 1.00. The molecule has 1 saturated carbocycles. The fourth-order valence-corrected chi connectivity index (χ4v) is 2.14. The van der Waals surface area contributed by atoms with Gasteiger partial charge < -0.3 is 11.1 Å². The third kappa shape index (κ3) is 3.20. The fourth-order valence-electron chi connectivity index (χ4n) is 1.40. The molecular formula is C8H19N3O2S. The Hall–Kier alpha value is -0.170. The van der Waals surface area contributed by atoms with Crippen molar-refractivity contribution in [3.63, 3.8) is 0 Å². The van der Waals surface area contributed by atoms with Gasteiger partial charge in [-0.2, -0.15) is 0 Å². The van der Waals surface area contributed by atoms with Crippen LogP contribution in [-0.2, 0) is 10.0 Å². The van der Waals surface area contributed by atoms with Crippen LogP contribution in [-0.4, -0.2) is 51.2 Å². The summed E-state index contributed by atoms with van der Waals surface area (Å²) in [4.78, 5) is 0. The molecule has 0 heterocycles. The SMILES string of the molecule is CN(C)S(=O)(=O)CCNC1CC(N)C1. The molecule has 5 nitrogen and oxygen atoms in total. The monoisotopic (exact) mass is 221 g/mol. The van der Waals surface area contributed by atoms with Gasteiger partial charge in [0.05, 0.1) is 5.75 Å². The van der Waals surface area contributed by atoms with Crippen molar-refractivity contribution in [2.45, 2.75) is 24.9 Å². The minimum absolute atomic E-state index is 0.158. The Kier molecular flexibility index (Phi) is 3.88. The molecule has 1 fully saturated rings. The van der Waals surface area contributed by atoms with Crippen LogP contribution >= 0.6 is 0 Å². The van der Waals surface area contributed by atoms with Crippen LogP contribution in [0.3, 0.4) is 0 Å². The number of hydrogen-bond donors (Lipinski definition) is 2. The largest absolute Gasteiger partial charge is 0.328 e. The van der Waals surface area contributed by atoms with Gasteiger partial charge in [0.1, 0.15) is 0 Å². The van der Waals surface area contributed by atoms with E-state index < -0.39 is 10.0 Å². The van der Waals surface area contributed by atoms with E-state index in [9.17, 15) is 8.42 Å². The maximum Gasteiger partial charge on any atom is 0.214 e. The average Bonchev–Trinajstić information content (AvgIpc) is 2.00. The van der Waals surface area contributed by atoms with Crippen molar-refractivity contribution in [3.8, 4) is 0 Å². The molecule has 0 aromatic rings. The highest BCUT2D eigenvalue weighted by atomic mass is 32.2. The molecule has 0 aromatic heterocycles. The molecule has 14 heavy (non-hydrogen) atoms. The predicted molar refractivity (Wildman–Crippen MR) is 56.5 cm³/mol. The smallest absolute Gasteiger partial charge is 0.214 e. The Morgan fingerprint density at radius 1 is 1.43 bits per heavy atom. The van der Waals surface area contributed by atoms with E-state index in [2.05, 4.69) is 5.32 Å². The summed E-state index contributed by atoms with van der Waals surface area (Å²) in [5.41, 5.74) is 5.61. The lowest BCUT2D eigenvalue weighted by Crippen LogP contribution is -2.49. The summed E-state index contributed by atoms with van der Waals surface area (Å²) in [6.07, 6.45) is 1.92. The number of nitrogens with two attached hydrogens (primary N) is 1. The Labute approximate surface area is 85.7 Å². The Morgan fingerprint density at radius 2 is 2.00 bits per heavy atom. The van der Waals surface area contributed by atoms with E-state index in [-0.39, 0.29) is 5.75 Å². The lowest BCUT2D eigenvalue weighted by molar-refractivity contribution is 0.297. The Balaban J connectivity index is 2.15. The lowest BCUT2D eigenvalue weighted by atomic mass is 9.88. The quantitative estimate of drug-likeness (QED) is 0.621. The zero-order chi connectivity index (χ0) is 10.8. The van der Waals surface area contributed by atoms with E-state index in [1.165, 1.54) is 4.31 Å². The van der Waals surface area contributed by atoms with Gasteiger partial charge in [-0.3, -0.25) is 0 Å². The van der Waals surface area contributed by atoms with Crippen molar-refractivity contribution < 1.29 is 8.42 Å². The van der Waals surface area contributed by atoms with Crippen LogP contribution in [0.5, 0.6) is 0 Å². The number of nitrogens with one attached hydrogen (secondary N) is 1. The Bertz CT molecular complexity index is 270. The summed E-state index contributed by atoms with van der Waals surface area (Å²) in [5.74, 6) is 0.158. The standard InChI is InChI=1S/C8H19N3O2S/c1-11(2)14(12,13)4-3-10-8-5-7(9)6-8/h7-8,10H,3-6,9H2,1-2H3. The molecule has 0 saturated heterocycles. The van der Waals surface area contributed by atoms with Gasteiger partial charge in [0.25, 0.3) is 0 Å². The van der Waals surface area contributed by atoms with Gasteiger partial charge in [-0.25, -0.2) is 12.7 Å². The third-order valence-corrected chi connectivity index (χ3v) is 4.36. The first-order valence-corrected chi connectivity index (χ1v) is 6.42. The molecule has 1 aliphatic carbocycles. The summed E-state index contributed by atoms with van der Waals surface area (Å²) in [7, 11) is 0.0484. The highest BCUT2D eigenvalue weighted by molar-refractivity contribution is 7.89. The van der Waals surface area contributed by atoms with Gasteiger partial charge in [-0.15, -0.1) is 0 Å². The summed E-state index contributed by atoms with van der Waals surface area (Å²) in [6.45, 7) is 0.512. The highest BCUT2D eigenvalue weighted by Gasteiger charge is 2.25. The highest BCUT2D eigenvalue weighted by Crippen LogP contribution is 2.16. The van der Waals surface area contributed by atoms with Crippen LogP contribution in [0.25, 0.3) is 0 Å². The second-order valence-electron chi connectivity index (χ2n) is 3.98. The van der Waals surface area contributed by atoms with E-state index in [1.54, 1.807) is 14.1 Å². The maximum absolute atomic E-state index is 11.3. The van der Waals surface area contributed by atoms with Gasteiger partial charge in [0, 0.05) is 32.7 Å². The second-order valence-corrected chi connectivity index (χ2v) is 6.28. The van der Waals surface area contributed by atoms with Gasteiger partial charge in [0.15, 0.2) is 0 Å². The summed E-state index contributed by atoms with van der Waals surface area (Å²) < 4.78 is 23.9. The minimum Gasteiger partial charge on any atom is -0.328 e. The van der Waals surface area contributed by atoms with Gasteiger partial charge in [-0.05, 0) is 12.8 Å².